The molecule has 0 aliphatic heterocycles. The van der Waals surface area contributed by atoms with Crippen LogP contribution in [-0.2, 0) is 19.1 Å². The average Bonchev–Trinajstić information content (AvgIpc) is 3.04. The Bertz CT molecular complexity index is 683. The van der Waals surface area contributed by atoms with Gasteiger partial charge in [0.2, 0.25) is 5.91 Å². The smallest absolute Gasteiger partial charge is 0.322 e. The first-order valence-corrected chi connectivity index (χ1v) is 20.2. The van der Waals surface area contributed by atoms with Crippen molar-refractivity contribution in [2.45, 2.75) is 232 Å². The number of nitrogens with one attached hydrogen (secondary N) is 1. The number of rotatable bonds is 37. The van der Waals surface area contributed by atoms with Gasteiger partial charge < -0.3 is 15.2 Å². The minimum absolute atomic E-state index is 0.0108. The Balaban J connectivity index is 4.14. The number of hydrogen-bond donors (Lipinski definition) is 2. The van der Waals surface area contributed by atoms with Crippen LogP contribution in [0.25, 0.3) is 0 Å². The number of carboxylic acids is 1. The van der Waals surface area contributed by atoms with Gasteiger partial charge in [-0.1, -0.05) is 174 Å². The molecule has 0 saturated heterocycles. The number of carboxylic acid groups (broad SMARTS) is 1. The highest BCUT2D eigenvalue weighted by atomic mass is 16.5. The van der Waals surface area contributed by atoms with Crippen molar-refractivity contribution in [3.05, 3.63) is 0 Å². The van der Waals surface area contributed by atoms with Crippen LogP contribution in [-0.4, -0.2) is 35.6 Å². The lowest BCUT2D eigenvalue weighted by molar-refractivity contribution is -0.150. The molecule has 0 fully saturated rings. The Morgan fingerprint density at radius 1 is 0.478 bits per heavy atom. The fourth-order valence-corrected chi connectivity index (χ4v) is 6.28. The number of carbonyl (C=O) groups is 3. The fraction of sp³-hybridized carbons (Fsp3) is 0.925. The minimum Gasteiger partial charge on any atom is -0.480 e. The molecule has 0 aromatic heterocycles. The summed E-state index contributed by atoms with van der Waals surface area (Å²) in [5.74, 6) is -1.21. The molecule has 46 heavy (non-hydrogen) atoms. The third-order valence-electron chi connectivity index (χ3n) is 9.28. The monoisotopic (exact) mass is 652 g/mol. The molecule has 0 spiro atoms. The van der Waals surface area contributed by atoms with E-state index < -0.39 is 5.97 Å². The quantitative estimate of drug-likeness (QED) is 0.0515. The number of unbranched alkanes of at least 4 members (excludes halogenated alkanes) is 26. The van der Waals surface area contributed by atoms with E-state index >= 15 is 0 Å². The van der Waals surface area contributed by atoms with Crippen LogP contribution in [0.1, 0.15) is 226 Å². The second-order valence-electron chi connectivity index (χ2n) is 13.9. The number of carbonyl (C=O) groups excluding carboxylic acids is 2. The zero-order valence-corrected chi connectivity index (χ0v) is 30.7. The van der Waals surface area contributed by atoms with Crippen molar-refractivity contribution in [1.29, 1.82) is 0 Å². The van der Waals surface area contributed by atoms with Crippen molar-refractivity contribution in [1.82, 2.24) is 5.32 Å². The van der Waals surface area contributed by atoms with Gasteiger partial charge in [0.05, 0.1) is 0 Å². The minimum atomic E-state index is -1.01. The van der Waals surface area contributed by atoms with Crippen LogP contribution in [0.3, 0.4) is 0 Å². The summed E-state index contributed by atoms with van der Waals surface area (Å²) < 4.78 is 6.02. The molecule has 1 amide bonds. The molecule has 0 radical (unpaired) electrons. The Hall–Kier alpha value is -1.59. The summed E-state index contributed by atoms with van der Waals surface area (Å²) in [6.45, 7) is 4.23. The molecule has 0 bridgehead atoms. The van der Waals surface area contributed by atoms with E-state index in [1.807, 2.05) is 0 Å². The molecule has 2 N–H and O–H groups in total. The van der Waals surface area contributed by atoms with Crippen LogP contribution < -0.4 is 5.32 Å². The third-order valence-corrected chi connectivity index (χ3v) is 9.28. The Morgan fingerprint density at radius 2 is 0.804 bits per heavy atom. The van der Waals surface area contributed by atoms with Crippen molar-refractivity contribution in [3.8, 4) is 0 Å². The van der Waals surface area contributed by atoms with Gasteiger partial charge in [0.1, 0.15) is 12.6 Å². The second kappa shape index (κ2) is 36.2. The Labute approximate surface area is 285 Å². The standard InChI is InChI=1S/C40H77NO5/c1-3-5-7-9-11-13-15-17-19-21-24-28-32-37(33-29-25-23-26-30-34-38(42)41-36-39(43)44)46-40(45)35-31-27-22-20-18-16-14-12-10-8-6-4-2/h37H,3-36H2,1-2H3,(H,41,42)(H,43,44). The van der Waals surface area contributed by atoms with Crippen LogP contribution in [0.2, 0.25) is 0 Å². The second-order valence-corrected chi connectivity index (χ2v) is 13.9. The predicted octanol–water partition coefficient (Wildman–Crippen LogP) is 12.0. The maximum atomic E-state index is 12.7. The molecular weight excluding hydrogens is 574 g/mol. The van der Waals surface area contributed by atoms with Crippen LogP contribution in [0.4, 0.5) is 0 Å². The normalized spacial score (nSPS) is 11.9. The molecule has 0 saturated carbocycles. The zero-order chi connectivity index (χ0) is 33.8. The summed E-state index contributed by atoms with van der Waals surface area (Å²) in [6, 6.07) is 0. The highest BCUT2D eigenvalue weighted by Crippen LogP contribution is 2.19. The SMILES string of the molecule is CCCCCCCCCCCCCCC(=O)OC(CCCCCCCCCCCCCC)CCCCCCCC(=O)NCC(=O)O. The molecule has 0 aliphatic carbocycles. The first kappa shape index (κ1) is 44.4. The Morgan fingerprint density at radius 3 is 1.17 bits per heavy atom. The lowest BCUT2D eigenvalue weighted by Gasteiger charge is -2.18. The number of esters is 1. The molecule has 1 atom stereocenters. The van der Waals surface area contributed by atoms with Gasteiger partial charge in [-0.15, -0.1) is 0 Å². The molecule has 6 nitrogen and oxygen atoms in total. The van der Waals surface area contributed by atoms with Gasteiger partial charge in [0.15, 0.2) is 0 Å². The molecular formula is C40H77NO5. The predicted molar refractivity (Wildman–Crippen MR) is 194 cm³/mol. The van der Waals surface area contributed by atoms with Crippen LogP contribution in [0.15, 0.2) is 0 Å². The molecule has 0 heterocycles. The fourth-order valence-electron chi connectivity index (χ4n) is 6.28. The molecule has 0 aromatic rings. The summed E-state index contributed by atoms with van der Waals surface area (Å²) in [5.41, 5.74) is 0. The maximum absolute atomic E-state index is 12.7. The highest BCUT2D eigenvalue weighted by molar-refractivity contribution is 5.80. The summed E-state index contributed by atoms with van der Waals surface area (Å²) in [7, 11) is 0. The number of hydrogen-bond acceptors (Lipinski definition) is 4. The summed E-state index contributed by atoms with van der Waals surface area (Å²) in [6.07, 6.45) is 39.3. The van der Waals surface area contributed by atoms with Crippen molar-refractivity contribution in [3.63, 3.8) is 0 Å². The molecule has 6 heteroatoms. The number of aliphatic carboxylic acids is 1. The van der Waals surface area contributed by atoms with Crippen molar-refractivity contribution < 1.29 is 24.2 Å². The van der Waals surface area contributed by atoms with Gasteiger partial charge in [0, 0.05) is 12.8 Å². The maximum Gasteiger partial charge on any atom is 0.322 e. The molecule has 0 aliphatic rings. The van der Waals surface area contributed by atoms with E-state index in [1.54, 1.807) is 0 Å². The van der Waals surface area contributed by atoms with Gasteiger partial charge in [0.25, 0.3) is 0 Å². The summed E-state index contributed by atoms with van der Waals surface area (Å²) >= 11 is 0. The lowest BCUT2D eigenvalue weighted by atomic mass is 10.0. The van der Waals surface area contributed by atoms with E-state index in [9.17, 15) is 14.4 Å². The van der Waals surface area contributed by atoms with Gasteiger partial charge in [-0.3, -0.25) is 14.4 Å². The molecule has 0 aromatic carbocycles. The van der Waals surface area contributed by atoms with E-state index in [2.05, 4.69) is 19.2 Å². The number of ether oxygens (including phenoxy) is 1. The molecule has 1 unspecified atom stereocenters. The van der Waals surface area contributed by atoms with Crippen molar-refractivity contribution in [2.24, 2.45) is 0 Å². The van der Waals surface area contributed by atoms with Crippen molar-refractivity contribution in [2.75, 3.05) is 6.54 Å². The first-order chi connectivity index (χ1) is 22.5. The zero-order valence-electron chi connectivity index (χ0n) is 30.7. The van der Waals surface area contributed by atoms with E-state index in [1.165, 1.54) is 135 Å². The Kier molecular flexibility index (Phi) is 35.0. The average molecular weight is 652 g/mol. The van der Waals surface area contributed by atoms with E-state index in [4.69, 9.17) is 9.84 Å². The summed E-state index contributed by atoms with van der Waals surface area (Å²) in [5, 5.41) is 11.1. The van der Waals surface area contributed by atoms with Crippen LogP contribution >= 0.6 is 0 Å². The van der Waals surface area contributed by atoms with Gasteiger partial charge >= 0.3 is 11.9 Å². The van der Waals surface area contributed by atoms with Gasteiger partial charge in [-0.2, -0.15) is 0 Å². The largest absolute Gasteiger partial charge is 0.480 e. The highest BCUT2D eigenvalue weighted by Gasteiger charge is 2.14. The van der Waals surface area contributed by atoms with E-state index in [-0.39, 0.29) is 24.5 Å². The summed E-state index contributed by atoms with van der Waals surface area (Å²) in [4.78, 5) is 34.9. The third kappa shape index (κ3) is 35.3. The van der Waals surface area contributed by atoms with Crippen molar-refractivity contribution >= 4 is 17.8 Å². The lowest BCUT2D eigenvalue weighted by Crippen LogP contribution is -2.28. The van der Waals surface area contributed by atoms with Gasteiger partial charge in [-0.05, 0) is 38.5 Å². The topological polar surface area (TPSA) is 92.7 Å². The van der Waals surface area contributed by atoms with Crippen LogP contribution in [0, 0.1) is 0 Å². The van der Waals surface area contributed by atoms with E-state index in [0.717, 1.165) is 64.2 Å². The van der Waals surface area contributed by atoms with E-state index in [0.29, 0.717) is 12.8 Å². The van der Waals surface area contributed by atoms with Crippen LogP contribution in [0.5, 0.6) is 0 Å². The van der Waals surface area contributed by atoms with Gasteiger partial charge in [-0.25, -0.2) is 0 Å². The molecule has 272 valence electrons. The molecule has 0 rings (SSSR count). The first-order valence-electron chi connectivity index (χ1n) is 20.2. The number of amides is 1.